The summed E-state index contributed by atoms with van der Waals surface area (Å²) < 4.78 is 45.7. The number of fused-ring (bicyclic) bond motifs is 1. The van der Waals surface area contributed by atoms with Gasteiger partial charge in [0.15, 0.2) is 19.1 Å². The van der Waals surface area contributed by atoms with E-state index < -0.39 is 27.6 Å². The zero-order chi connectivity index (χ0) is 45.1. The summed E-state index contributed by atoms with van der Waals surface area (Å²) in [6.07, 6.45) is 34.0. The van der Waals surface area contributed by atoms with Crippen LogP contribution in [0.4, 0.5) is 5.82 Å². The third-order valence-corrected chi connectivity index (χ3v) is 15.6. The van der Waals surface area contributed by atoms with Crippen molar-refractivity contribution in [3.8, 4) is 0 Å². The van der Waals surface area contributed by atoms with Crippen LogP contribution in [0.3, 0.4) is 0 Å². The van der Waals surface area contributed by atoms with E-state index in [9.17, 15) is 14.0 Å². The minimum Gasteiger partial charge on any atom is -0.777 e. The zero-order valence-corrected chi connectivity index (χ0v) is 42.2. The van der Waals surface area contributed by atoms with Crippen LogP contribution >= 0.6 is 15.2 Å². The number of nitrogen functional groups attached to an aromatic ring is 1. The van der Waals surface area contributed by atoms with E-state index >= 15 is 0 Å². The van der Waals surface area contributed by atoms with Gasteiger partial charge in [-0.05, 0) is 45.4 Å². The molecule has 12 nitrogen and oxygen atoms in total. The molecule has 2 unspecified atom stereocenters. The van der Waals surface area contributed by atoms with Crippen molar-refractivity contribution >= 4 is 32.2 Å². The molecule has 0 spiro atoms. The monoisotopic (exact) mass is 901 g/mol. The summed E-state index contributed by atoms with van der Waals surface area (Å²) in [5, 5.41) is 0. The van der Waals surface area contributed by atoms with Gasteiger partial charge < -0.3 is 33.5 Å². The highest BCUT2D eigenvalue weighted by Gasteiger charge is 2.30. The molecule has 358 valence electrons. The van der Waals surface area contributed by atoms with Crippen molar-refractivity contribution in [2.75, 3.05) is 51.0 Å². The van der Waals surface area contributed by atoms with E-state index in [1.807, 2.05) is 6.92 Å². The molecule has 0 aliphatic carbocycles. The molecule has 0 saturated carbocycles. The Morgan fingerprint density at radius 2 is 1.08 bits per heavy atom. The lowest BCUT2D eigenvalue weighted by atomic mass is 10.0. The van der Waals surface area contributed by atoms with Crippen molar-refractivity contribution in [2.45, 2.75) is 228 Å². The lowest BCUT2D eigenvalue weighted by Gasteiger charge is -2.39. The standard InChI is InChI=1S/C31H59N5O6P2.C16H36N/c1-4-6-8-9-10-11-12-13-14-15-16-17-18-19-20-21-23-44(39,41-22-7-5-2)42-43(37,38)27-40-28(3)24-36-26-35-29-30(32)33-25-34-31(29)36;1-5-9-13-17(14-10-6-2,15-11-7-3)16-12-8-4/h25-26,28H,4-24,27H2,1-3H3,(H,37,38)(H2,32,33,34);5-16H2,1-4H3/q;+1/p-1/t28-,44?;/m1./s1. The van der Waals surface area contributed by atoms with E-state index in [0.29, 0.717) is 24.0 Å². The first-order chi connectivity index (χ1) is 29.4. The zero-order valence-electron chi connectivity index (χ0n) is 40.4. The first-order valence-electron chi connectivity index (χ1n) is 25.1. The lowest BCUT2D eigenvalue weighted by molar-refractivity contribution is -0.929. The Morgan fingerprint density at radius 1 is 0.639 bits per heavy atom. The van der Waals surface area contributed by atoms with Crippen LogP contribution in [0.2, 0.25) is 0 Å². The maximum Gasteiger partial charge on any atom is 0.335 e. The first kappa shape index (κ1) is 57.6. The van der Waals surface area contributed by atoms with Gasteiger partial charge in [-0.25, -0.2) is 15.0 Å². The smallest absolute Gasteiger partial charge is 0.335 e. The fraction of sp³-hybridized carbons (Fsp3) is 0.894. The number of rotatable bonds is 40. The molecule has 2 N–H and O–H groups in total. The lowest BCUT2D eigenvalue weighted by Crippen LogP contribution is -2.50. The molecule has 0 saturated heterocycles. The summed E-state index contributed by atoms with van der Waals surface area (Å²) in [6.45, 7) is 21.5. The summed E-state index contributed by atoms with van der Waals surface area (Å²) >= 11 is 0. The molecule has 0 aliphatic heterocycles. The van der Waals surface area contributed by atoms with Gasteiger partial charge in [0, 0.05) is 0 Å². The number of unbranched alkanes of at least 4 members (excludes halogenated alkanes) is 20. The van der Waals surface area contributed by atoms with Gasteiger partial charge in [-0.2, -0.15) is 0 Å². The van der Waals surface area contributed by atoms with Crippen LogP contribution < -0.4 is 10.6 Å². The fourth-order valence-electron chi connectivity index (χ4n) is 7.77. The Balaban J connectivity index is 0.000000918. The Bertz CT molecular complexity index is 1390. The maximum absolute atomic E-state index is 13.4. The number of aromatic nitrogens is 4. The molecule has 0 amide bonds. The van der Waals surface area contributed by atoms with Crippen LogP contribution in [0.25, 0.3) is 11.2 Å². The number of hydrogen-bond acceptors (Lipinski definition) is 10. The molecule has 0 fully saturated rings. The van der Waals surface area contributed by atoms with E-state index in [4.69, 9.17) is 19.3 Å². The molecule has 3 atom stereocenters. The number of quaternary nitrogens is 1. The van der Waals surface area contributed by atoms with Gasteiger partial charge in [0.1, 0.15) is 18.2 Å². The summed E-state index contributed by atoms with van der Waals surface area (Å²) in [6, 6.07) is 0. The van der Waals surface area contributed by atoms with Crippen molar-refractivity contribution in [3.05, 3.63) is 12.7 Å². The third-order valence-electron chi connectivity index (χ3n) is 11.7. The quantitative estimate of drug-likeness (QED) is 0.0388. The molecule has 0 bridgehead atoms. The second-order valence-electron chi connectivity index (χ2n) is 17.6. The normalized spacial score (nSPS) is 14.4. The Morgan fingerprint density at radius 3 is 1.54 bits per heavy atom. The summed E-state index contributed by atoms with van der Waals surface area (Å²) in [5.74, 6) is 0.267. The second kappa shape index (κ2) is 35.9. The van der Waals surface area contributed by atoms with Gasteiger partial charge in [-0.1, -0.05) is 170 Å². The molecular weight excluding hydrogens is 807 g/mol. The molecule has 0 radical (unpaired) electrons. The van der Waals surface area contributed by atoms with Crippen molar-refractivity contribution in [3.63, 3.8) is 0 Å². The predicted molar refractivity (Wildman–Crippen MR) is 256 cm³/mol. The van der Waals surface area contributed by atoms with Crippen LogP contribution in [0.5, 0.6) is 0 Å². The van der Waals surface area contributed by atoms with Crippen molar-refractivity contribution < 1.29 is 32.1 Å². The van der Waals surface area contributed by atoms with E-state index in [1.165, 1.54) is 165 Å². The molecule has 2 aromatic heterocycles. The maximum atomic E-state index is 13.4. The predicted octanol–water partition coefficient (Wildman–Crippen LogP) is 13.6. The Hall–Kier alpha value is -1.39. The van der Waals surface area contributed by atoms with Gasteiger partial charge in [-0.15, -0.1) is 0 Å². The average Bonchev–Trinajstić information content (AvgIpc) is 3.66. The van der Waals surface area contributed by atoms with E-state index in [2.05, 4.69) is 49.6 Å². The topological polar surface area (TPSA) is 155 Å². The van der Waals surface area contributed by atoms with Crippen molar-refractivity contribution in [1.82, 2.24) is 19.5 Å². The number of ether oxygens (including phenoxy) is 1. The molecule has 61 heavy (non-hydrogen) atoms. The average molecular weight is 901 g/mol. The SMILES string of the molecule is CCCCCCCCCCCCCCCCCCP(=O)(OCCCC)OP(=O)([O-])CO[C@H](C)Cn1cnc2c(N)ncnc21.CCCC[N+](CCCC)(CCCC)CCCC. The fourth-order valence-corrected chi connectivity index (χ4v) is 11.6. The minimum absolute atomic E-state index is 0.0824. The summed E-state index contributed by atoms with van der Waals surface area (Å²) in [4.78, 5) is 25.1. The minimum atomic E-state index is -4.58. The van der Waals surface area contributed by atoms with Crippen LogP contribution in [0, 0.1) is 0 Å². The molecular formula is C47H94N6O6P2. The molecule has 0 aliphatic rings. The van der Waals surface area contributed by atoms with E-state index in [-0.39, 0.29) is 25.1 Å². The largest absolute Gasteiger partial charge is 0.777 e. The van der Waals surface area contributed by atoms with E-state index in [1.54, 1.807) is 17.8 Å². The molecule has 2 heterocycles. The van der Waals surface area contributed by atoms with Crippen LogP contribution in [-0.4, -0.2) is 75.4 Å². The first-order valence-corrected chi connectivity index (χ1v) is 28.5. The van der Waals surface area contributed by atoms with Gasteiger partial charge in [0.2, 0.25) is 0 Å². The molecule has 2 aromatic rings. The summed E-state index contributed by atoms with van der Waals surface area (Å²) in [5.41, 5.74) is 6.83. The van der Waals surface area contributed by atoms with Crippen LogP contribution in [-0.2, 0) is 29.2 Å². The van der Waals surface area contributed by atoms with Crippen LogP contribution in [0.1, 0.15) is 215 Å². The van der Waals surface area contributed by atoms with E-state index in [0.717, 1.165) is 25.7 Å². The van der Waals surface area contributed by atoms with Crippen molar-refractivity contribution in [1.29, 1.82) is 0 Å². The Labute approximate surface area is 374 Å². The van der Waals surface area contributed by atoms with Crippen molar-refractivity contribution in [2.24, 2.45) is 0 Å². The number of hydrogen-bond donors (Lipinski definition) is 1. The Kier molecular flexibility index (Phi) is 33.9. The number of anilines is 1. The van der Waals surface area contributed by atoms with Gasteiger partial charge >= 0.3 is 7.60 Å². The third kappa shape index (κ3) is 27.5. The molecule has 2 rings (SSSR count). The van der Waals surface area contributed by atoms with Crippen LogP contribution in [0.15, 0.2) is 12.7 Å². The number of nitrogens with zero attached hydrogens (tertiary/aromatic N) is 5. The highest BCUT2D eigenvalue weighted by Crippen LogP contribution is 2.61. The number of imidazole rings is 1. The number of nitrogens with two attached hydrogens (primary N) is 1. The van der Waals surface area contributed by atoms with Gasteiger partial charge in [-0.3, -0.25) is 8.88 Å². The summed E-state index contributed by atoms with van der Waals surface area (Å²) in [7, 11) is -8.40. The molecule has 0 aromatic carbocycles. The van der Waals surface area contributed by atoms with Gasteiger partial charge in [0.05, 0.1) is 57.9 Å². The van der Waals surface area contributed by atoms with Gasteiger partial charge in [0.25, 0.3) is 0 Å². The highest BCUT2D eigenvalue weighted by molar-refractivity contribution is 7.66. The molecule has 14 heteroatoms. The second-order valence-corrected chi connectivity index (χ2v) is 21.7. The highest BCUT2D eigenvalue weighted by atomic mass is 31.3.